The molecule has 26 heavy (non-hydrogen) atoms. The van der Waals surface area contributed by atoms with Gasteiger partial charge < -0.3 is 10.1 Å². The molecule has 0 aliphatic heterocycles. The van der Waals surface area contributed by atoms with Crippen molar-refractivity contribution < 1.29 is 9.53 Å². The number of amides is 1. The van der Waals surface area contributed by atoms with E-state index in [0.717, 1.165) is 18.8 Å². The zero-order chi connectivity index (χ0) is 19.4. The molecule has 0 saturated carbocycles. The van der Waals surface area contributed by atoms with Gasteiger partial charge in [0.15, 0.2) is 0 Å². The Bertz CT molecular complexity index is 519. The highest BCUT2D eigenvalue weighted by Crippen LogP contribution is 2.19. The van der Waals surface area contributed by atoms with Gasteiger partial charge in [0.2, 0.25) is 0 Å². The molecule has 3 nitrogen and oxygen atoms in total. The summed E-state index contributed by atoms with van der Waals surface area (Å²) in [6.45, 7) is 10.9. The molecule has 1 rings (SSSR count). The molecule has 1 atom stereocenters. The lowest BCUT2D eigenvalue weighted by atomic mass is 9.93. The van der Waals surface area contributed by atoms with Crippen molar-refractivity contribution >= 4 is 6.09 Å². The summed E-state index contributed by atoms with van der Waals surface area (Å²) in [7, 11) is 0. The smallest absolute Gasteiger partial charge is 0.407 e. The van der Waals surface area contributed by atoms with E-state index < -0.39 is 5.60 Å². The predicted molar refractivity (Wildman–Crippen MR) is 111 cm³/mol. The van der Waals surface area contributed by atoms with E-state index in [2.05, 4.69) is 43.4 Å². The van der Waals surface area contributed by atoms with Crippen LogP contribution in [-0.4, -0.2) is 18.2 Å². The first kappa shape index (κ1) is 22.5. The van der Waals surface area contributed by atoms with Gasteiger partial charge in [0.05, 0.1) is 0 Å². The number of nitrogens with one attached hydrogen (secondary N) is 1. The van der Waals surface area contributed by atoms with Gasteiger partial charge in [-0.15, -0.1) is 0 Å². The van der Waals surface area contributed by atoms with E-state index in [1.807, 2.05) is 20.8 Å². The molecule has 0 aromatic heterocycles. The molecular weight excluding hydrogens is 322 g/mol. The van der Waals surface area contributed by atoms with Crippen molar-refractivity contribution in [1.82, 2.24) is 5.32 Å². The van der Waals surface area contributed by atoms with E-state index >= 15 is 0 Å². The van der Waals surface area contributed by atoms with Crippen LogP contribution in [0.1, 0.15) is 84.3 Å². The fourth-order valence-corrected chi connectivity index (χ4v) is 3.12. The van der Waals surface area contributed by atoms with Gasteiger partial charge in [0.1, 0.15) is 5.60 Å². The zero-order valence-electron chi connectivity index (χ0n) is 17.6. The second-order valence-corrected chi connectivity index (χ2v) is 8.44. The quantitative estimate of drug-likeness (QED) is 0.470. The Morgan fingerprint density at radius 3 is 2.31 bits per heavy atom. The van der Waals surface area contributed by atoms with Crippen molar-refractivity contribution in [2.75, 3.05) is 6.54 Å². The second-order valence-electron chi connectivity index (χ2n) is 8.44. The Hall–Kier alpha value is -1.51. The molecule has 0 bridgehead atoms. The maximum atomic E-state index is 11.8. The van der Waals surface area contributed by atoms with E-state index in [1.165, 1.54) is 49.7 Å². The average Bonchev–Trinajstić information content (AvgIpc) is 2.56. The lowest BCUT2D eigenvalue weighted by molar-refractivity contribution is 0.0528. The first-order valence-electron chi connectivity index (χ1n) is 10.4. The minimum Gasteiger partial charge on any atom is -0.444 e. The van der Waals surface area contributed by atoms with E-state index in [1.54, 1.807) is 0 Å². The molecule has 0 aliphatic carbocycles. The molecule has 0 aliphatic rings. The van der Waals surface area contributed by atoms with Gasteiger partial charge >= 0.3 is 6.09 Å². The molecule has 0 spiro atoms. The maximum Gasteiger partial charge on any atom is 0.407 e. The van der Waals surface area contributed by atoms with Crippen LogP contribution in [0.4, 0.5) is 4.79 Å². The molecule has 1 aromatic carbocycles. The SMILES string of the molecule is CCCCCCC(C)CCc1ccccc1CCNC(=O)OC(C)(C)C. The van der Waals surface area contributed by atoms with E-state index in [0.29, 0.717) is 6.54 Å². The number of benzene rings is 1. The lowest BCUT2D eigenvalue weighted by Crippen LogP contribution is -2.33. The van der Waals surface area contributed by atoms with E-state index in [-0.39, 0.29) is 6.09 Å². The van der Waals surface area contributed by atoms with Crippen LogP contribution in [0.5, 0.6) is 0 Å². The maximum absolute atomic E-state index is 11.8. The zero-order valence-corrected chi connectivity index (χ0v) is 17.6. The van der Waals surface area contributed by atoms with Crippen LogP contribution in [0.15, 0.2) is 24.3 Å². The number of ether oxygens (including phenoxy) is 1. The fourth-order valence-electron chi connectivity index (χ4n) is 3.12. The second kappa shape index (κ2) is 12.0. The first-order chi connectivity index (χ1) is 12.3. The van der Waals surface area contributed by atoms with Crippen molar-refractivity contribution in [2.45, 2.75) is 91.6 Å². The monoisotopic (exact) mass is 361 g/mol. The normalized spacial score (nSPS) is 12.7. The summed E-state index contributed by atoms with van der Waals surface area (Å²) in [5.74, 6) is 0.778. The van der Waals surface area contributed by atoms with Gasteiger partial charge in [-0.1, -0.05) is 70.2 Å². The van der Waals surface area contributed by atoms with Crippen LogP contribution in [0.2, 0.25) is 0 Å². The lowest BCUT2D eigenvalue weighted by Gasteiger charge is -2.20. The van der Waals surface area contributed by atoms with Crippen molar-refractivity contribution in [3.63, 3.8) is 0 Å². The van der Waals surface area contributed by atoms with Crippen LogP contribution in [-0.2, 0) is 17.6 Å². The largest absolute Gasteiger partial charge is 0.444 e. The van der Waals surface area contributed by atoms with Crippen LogP contribution in [0, 0.1) is 5.92 Å². The predicted octanol–water partition coefficient (Wildman–Crippen LogP) is 6.29. The van der Waals surface area contributed by atoms with Crippen molar-refractivity contribution in [2.24, 2.45) is 5.92 Å². The minimum absolute atomic E-state index is 0.337. The van der Waals surface area contributed by atoms with Crippen molar-refractivity contribution in [3.8, 4) is 0 Å². The number of aryl methyl sites for hydroxylation is 1. The average molecular weight is 362 g/mol. The first-order valence-corrected chi connectivity index (χ1v) is 10.4. The highest BCUT2D eigenvalue weighted by atomic mass is 16.6. The fraction of sp³-hybridized carbons (Fsp3) is 0.696. The summed E-state index contributed by atoms with van der Waals surface area (Å²) < 4.78 is 5.29. The van der Waals surface area contributed by atoms with Crippen LogP contribution >= 0.6 is 0 Å². The number of alkyl carbamates (subject to hydrolysis) is 1. The van der Waals surface area contributed by atoms with Gasteiger partial charge in [0, 0.05) is 6.54 Å². The number of unbranched alkanes of at least 4 members (excludes halogenated alkanes) is 3. The molecule has 0 heterocycles. The Labute approximate surface area is 160 Å². The summed E-state index contributed by atoms with van der Waals surface area (Å²) in [4.78, 5) is 11.8. The van der Waals surface area contributed by atoms with E-state index in [4.69, 9.17) is 4.74 Å². The molecule has 0 fully saturated rings. The third-order valence-electron chi connectivity index (χ3n) is 4.64. The molecular formula is C23H39NO2. The summed E-state index contributed by atoms with van der Waals surface area (Å²) in [6, 6.07) is 8.61. The summed E-state index contributed by atoms with van der Waals surface area (Å²) in [5.41, 5.74) is 2.30. The Kier molecular flexibility index (Phi) is 10.4. The number of hydrogen-bond donors (Lipinski definition) is 1. The number of carbonyl (C=O) groups excluding carboxylic acids is 1. The molecule has 1 unspecified atom stereocenters. The van der Waals surface area contributed by atoms with Gasteiger partial charge in [-0.2, -0.15) is 0 Å². The Balaban J connectivity index is 2.38. The van der Waals surface area contributed by atoms with Gasteiger partial charge in [-0.3, -0.25) is 0 Å². The molecule has 1 aromatic rings. The molecule has 148 valence electrons. The summed E-state index contributed by atoms with van der Waals surface area (Å²) in [6.07, 6.45) is 9.60. The summed E-state index contributed by atoms with van der Waals surface area (Å²) >= 11 is 0. The molecule has 0 saturated heterocycles. The number of rotatable bonds is 11. The topological polar surface area (TPSA) is 38.3 Å². The highest BCUT2D eigenvalue weighted by Gasteiger charge is 2.15. The third-order valence-corrected chi connectivity index (χ3v) is 4.64. The highest BCUT2D eigenvalue weighted by molar-refractivity contribution is 5.67. The molecule has 1 N–H and O–H groups in total. The van der Waals surface area contributed by atoms with Gasteiger partial charge in [0.25, 0.3) is 0 Å². The number of hydrogen-bond acceptors (Lipinski definition) is 2. The van der Waals surface area contributed by atoms with Crippen molar-refractivity contribution in [3.05, 3.63) is 35.4 Å². The summed E-state index contributed by atoms with van der Waals surface area (Å²) in [5, 5.41) is 2.86. The standard InChI is InChI=1S/C23H39NO2/c1-6-7-8-9-12-19(2)15-16-20-13-10-11-14-21(20)17-18-24-22(25)26-23(3,4)5/h10-11,13-14,19H,6-9,12,15-18H2,1-5H3,(H,24,25). The van der Waals surface area contributed by atoms with Crippen LogP contribution in [0.3, 0.4) is 0 Å². The molecule has 0 radical (unpaired) electrons. The molecule has 1 amide bonds. The molecule has 3 heteroatoms. The van der Waals surface area contributed by atoms with Gasteiger partial charge in [-0.05, 0) is 57.1 Å². The number of carbonyl (C=O) groups is 1. The van der Waals surface area contributed by atoms with Crippen LogP contribution < -0.4 is 5.32 Å². The van der Waals surface area contributed by atoms with Gasteiger partial charge in [-0.25, -0.2) is 4.79 Å². The Morgan fingerprint density at radius 2 is 1.69 bits per heavy atom. The third kappa shape index (κ3) is 10.5. The van der Waals surface area contributed by atoms with E-state index in [9.17, 15) is 4.79 Å². The minimum atomic E-state index is -0.449. The van der Waals surface area contributed by atoms with Crippen LogP contribution in [0.25, 0.3) is 0 Å². The van der Waals surface area contributed by atoms with Crippen molar-refractivity contribution in [1.29, 1.82) is 0 Å². The Morgan fingerprint density at radius 1 is 1.04 bits per heavy atom.